The summed E-state index contributed by atoms with van der Waals surface area (Å²) in [5.74, 6) is 0.676. The van der Waals surface area contributed by atoms with E-state index in [9.17, 15) is 4.79 Å². The van der Waals surface area contributed by atoms with Crippen LogP contribution in [0, 0.1) is 5.41 Å². The van der Waals surface area contributed by atoms with Crippen molar-refractivity contribution >= 4 is 5.91 Å². The van der Waals surface area contributed by atoms with Gasteiger partial charge in [-0.25, -0.2) is 4.98 Å². The van der Waals surface area contributed by atoms with Crippen LogP contribution in [0.1, 0.15) is 86.6 Å². The lowest BCUT2D eigenvalue weighted by Crippen LogP contribution is -2.46. The Morgan fingerprint density at radius 3 is 2.67 bits per heavy atom. The molecule has 0 aromatic carbocycles. The molecular formula is C19H28N2O3. The molecular weight excluding hydrogens is 304 g/mol. The van der Waals surface area contributed by atoms with Crippen molar-refractivity contribution in [2.75, 3.05) is 19.7 Å². The Morgan fingerprint density at radius 1 is 1.12 bits per heavy atom. The van der Waals surface area contributed by atoms with Gasteiger partial charge in [-0.3, -0.25) is 4.79 Å². The Kier molecular flexibility index (Phi) is 4.61. The molecule has 1 spiro atoms. The van der Waals surface area contributed by atoms with Gasteiger partial charge >= 0.3 is 0 Å². The molecule has 3 aliphatic rings. The highest BCUT2D eigenvalue weighted by molar-refractivity contribution is 5.93. The summed E-state index contributed by atoms with van der Waals surface area (Å²) in [4.78, 5) is 19.4. The molecule has 5 heteroatoms. The molecule has 3 fully saturated rings. The topological polar surface area (TPSA) is 55.6 Å². The van der Waals surface area contributed by atoms with Crippen LogP contribution in [-0.2, 0) is 4.74 Å². The van der Waals surface area contributed by atoms with Crippen LogP contribution >= 0.6 is 0 Å². The molecule has 2 saturated heterocycles. The number of amides is 1. The number of hydrogen-bond acceptors (Lipinski definition) is 4. The van der Waals surface area contributed by atoms with E-state index in [0.29, 0.717) is 16.9 Å². The molecule has 1 atom stereocenters. The molecule has 2 aliphatic heterocycles. The van der Waals surface area contributed by atoms with Crippen molar-refractivity contribution in [2.45, 2.75) is 70.3 Å². The molecule has 1 aromatic rings. The van der Waals surface area contributed by atoms with Gasteiger partial charge in [0.15, 0.2) is 17.8 Å². The van der Waals surface area contributed by atoms with Gasteiger partial charge in [0.2, 0.25) is 0 Å². The largest absolute Gasteiger partial charge is 0.445 e. The molecule has 1 amide bonds. The van der Waals surface area contributed by atoms with Crippen LogP contribution in [0.2, 0.25) is 0 Å². The Hall–Kier alpha value is -1.36. The highest BCUT2D eigenvalue weighted by Gasteiger charge is 2.39. The maximum absolute atomic E-state index is 13.1. The highest BCUT2D eigenvalue weighted by Crippen LogP contribution is 2.42. The van der Waals surface area contributed by atoms with E-state index in [4.69, 9.17) is 9.15 Å². The fraction of sp³-hybridized carbons (Fsp3) is 0.789. The highest BCUT2D eigenvalue weighted by atomic mass is 16.5. The van der Waals surface area contributed by atoms with E-state index in [0.717, 1.165) is 39.0 Å². The molecule has 5 nitrogen and oxygen atoms in total. The molecule has 0 bridgehead atoms. The van der Waals surface area contributed by atoms with Crippen molar-refractivity contribution in [2.24, 2.45) is 5.41 Å². The predicted molar refractivity (Wildman–Crippen MR) is 89.7 cm³/mol. The van der Waals surface area contributed by atoms with Gasteiger partial charge in [0.1, 0.15) is 6.10 Å². The number of oxazole rings is 1. The van der Waals surface area contributed by atoms with Gasteiger partial charge in [0.05, 0.1) is 0 Å². The lowest BCUT2D eigenvalue weighted by Gasteiger charge is -2.42. The van der Waals surface area contributed by atoms with E-state index < -0.39 is 0 Å². The Balaban J connectivity index is 1.51. The first-order valence-corrected chi connectivity index (χ1v) is 9.62. The van der Waals surface area contributed by atoms with Crippen molar-refractivity contribution < 1.29 is 13.9 Å². The maximum atomic E-state index is 13.1. The third-order valence-electron chi connectivity index (χ3n) is 6.13. The third-order valence-corrected chi connectivity index (χ3v) is 6.13. The van der Waals surface area contributed by atoms with Crippen LogP contribution in [0.3, 0.4) is 0 Å². The SMILES string of the molecule is O=C(c1ncoc1C1CCCO1)N1CCCC2(CCCCCC2)C1. The number of piperidine rings is 1. The number of likely N-dealkylation sites (tertiary alicyclic amines) is 1. The summed E-state index contributed by atoms with van der Waals surface area (Å²) in [7, 11) is 0. The van der Waals surface area contributed by atoms with Crippen LogP contribution in [0.25, 0.3) is 0 Å². The number of ether oxygens (including phenoxy) is 1. The van der Waals surface area contributed by atoms with Gasteiger partial charge in [-0.2, -0.15) is 0 Å². The lowest BCUT2D eigenvalue weighted by atomic mass is 9.74. The number of aromatic nitrogens is 1. The smallest absolute Gasteiger partial charge is 0.276 e. The molecule has 0 radical (unpaired) electrons. The van der Waals surface area contributed by atoms with Crippen LogP contribution in [0.5, 0.6) is 0 Å². The van der Waals surface area contributed by atoms with Crippen LogP contribution in [-0.4, -0.2) is 35.5 Å². The molecule has 24 heavy (non-hydrogen) atoms. The summed E-state index contributed by atoms with van der Waals surface area (Å²) in [6.45, 7) is 2.48. The van der Waals surface area contributed by atoms with Gasteiger partial charge in [-0.1, -0.05) is 25.7 Å². The zero-order valence-corrected chi connectivity index (χ0v) is 14.5. The molecule has 1 saturated carbocycles. The molecule has 0 N–H and O–H groups in total. The van der Waals surface area contributed by atoms with E-state index >= 15 is 0 Å². The molecule has 1 aliphatic carbocycles. The van der Waals surface area contributed by atoms with E-state index in [-0.39, 0.29) is 12.0 Å². The number of hydrogen-bond donors (Lipinski definition) is 0. The second-order valence-corrected chi connectivity index (χ2v) is 7.81. The minimum absolute atomic E-state index is 0.0394. The summed E-state index contributed by atoms with van der Waals surface area (Å²) in [6.07, 6.45) is 13.5. The van der Waals surface area contributed by atoms with Crippen LogP contribution < -0.4 is 0 Å². The second kappa shape index (κ2) is 6.87. The first-order chi connectivity index (χ1) is 11.8. The maximum Gasteiger partial charge on any atom is 0.276 e. The number of rotatable bonds is 2. The first kappa shape index (κ1) is 16.1. The van der Waals surface area contributed by atoms with E-state index in [2.05, 4.69) is 4.98 Å². The molecule has 1 aromatic heterocycles. The fourth-order valence-corrected chi connectivity index (χ4v) is 4.85. The average molecular weight is 332 g/mol. The monoisotopic (exact) mass is 332 g/mol. The number of carbonyl (C=O) groups is 1. The van der Waals surface area contributed by atoms with E-state index in [1.165, 1.54) is 51.3 Å². The van der Waals surface area contributed by atoms with E-state index in [1.54, 1.807) is 0 Å². The van der Waals surface area contributed by atoms with Gasteiger partial charge in [0, 0.05) is 19.7 Å². The predicted octanol–water partition coefficient (Wildman–Crippen LogP) is 4.10. The van der Waals surface area contributed by atoms with Crippen LogP contribution in [0.15, 0.2) is 10.8 Å². The van der Waals surface area contributed by atoms with Gasteiger partial charge in [-0.05, 0) is 43.9 Å². The zero-order chi connectivity index (χ0) is 16.4. The van der Waals surface area contributed by atoms with E-state index in [1.807, 2.05) is 4.90 Å². The van der Waals surface area contributed by atoms with Crippen molar-refractivity contribution in [1.29, 1.82) is 0 Å². The average Bonchev–Trinajstić information content (AvgIpc) is 3.24. The van der Waals surface area contributed by atoms with Gasteiger partial charge < -0.3 is 14.1 Å². The summed E-state index contributed by atoms with van der Waals surface area (Å²) < 4.78 is 11.2. The van der Waals surface area contributed by atoms with Crippen molar-refractivity contribution in [1.82, 2.24) is 9.88 Å². The first-order valence-electron chi connectivity index (χ1n) is 9.62. The Bertz CT molecular complexity index is 569. The summed E-state index contributed by atoms with van der Waals surface area (Å²) in [5, 5.41) is 0. The summed E-state index contributed by atoms with van der Waals surface area (Å²) >= 11 is 0. The van der Waals surface area contributed by atoms with Gasteiger partial charge in [-0.15, -0.1) is 0 Å². The molecule has 3 heterocycles. The minimum atomic E-state index is -0.0944. The number of nitrogens with zero attached hydrogens (tertiary/aromatic N) is 2. The van der Waals surface area contributed by atoms with Crippen molar-refractivity contribution in [3.05, 3.63) is 17.8 Å². The zero-order valence-electron chi connectivity index (χ0n) is 14.5. The summed E-state index contributed by atoms with van der Waals surface area (Å²) in [6, 6.07) is 0. The number of carbonyl (C=O) groups excluding carboxylic acids is 1. The van der Waals surface area contributed by atoms with Crippen molar-refractivity contribution in [3.8, 4) is 0 Å². The summed E-state index contributed by atoms with van der Waals surface area (Å²) in [5.41, 5.74) is 0.825. The normalized spacial score (nSPS) is 27.3. The van der Waals surface area contributed by atoms with Gasteiger partial charge in [0.25, 0.3) is 5.91 Å². The quantitative estimate of drug-likeness (QED) is 0.818. The Morgan fingerprint density at radius 2 is 1.92 bits per heavy atom. The minimum Gasteiger partial charge on any atom is -0.445 e. The molecule has 132 valence electrons. The van der Waals surface area contributed by atoms with Crippen molar-refractivity contribution in [3.63, 3.8) is 0 Å². The second-order valence-electron chi connectivity index (χ2n) is 7.81. The lowest BCUT2D eigenvalue weighted by molar-refractivity contribution is 0.0446. The van der Waals surface area contributed by atoms with Crippen LogP contribution in [0.4, 0.5) is 0 Å². The molecule has 1 unspecified atom stereocenters. The fourth-order valence-electron chi connectivity index (χ4n) is 4.85. The Labute approximate surface area is 143 Å². The third kappa shape index (κ3) is 3.10. The standard InChI is InChI=1S/C19H28N2O3/c22-18(16-17(24-14-20-16)15-7-5-12-23-15)21-11-6-10-19(13-21)8-3-1-2-4-9-19/h14-15H,1-13H2. The molecule has 4 rings (SSSR count).